The van der Waals surface area contributed by atoms with E-state index in [4.69, 9.17) is 0 Å². The van der Waals surface area contributed by atoms with Crippen molar-refractivity contribution in [3.05, 3.63) is 40.6 Å². The summed E-state index contributed by atoms with van der Waals surface area (Å²) in [6.45, 7) is 3.80. The summed E-state index contributed by atoms with van der Waals surface area (Å²) in [7, 11) is 0. The SMILES string of the molecule is CCCSc1ccc(-c2csc(C(C)=O)c2)cc1. The molecule has 1 heterocycles. The zero-order chi connectivity index (χ0) is 13.0. The molecule has 0 bridgehead atoms. The van der Waals surface area contributed by atoms with Gasteiger partial charge in [0.1, 0.15) is 0 Å². The molecule has 1 aromatic heterocycles. The Morgan fingerprint density at radius 3 is 2.50 bits per heavy atom. The zero-order valence-electron chi connectivity index (χ0n) is 10.6. The van der Waals surface area contributed by atoms with Crippen molar-refractivity contribution in [1.82, 2.24) is 0 Å². The molecular formula is C15H16OS2. The second-order valence-electron chi connectivity index (χ2n) is 4.13. The molecule has 0 unspecified atom stereocenters. The summed E-state index contributed by atoms with van der Waals surface area (Å²) in [6, 6.07) is 10.5. The van der Waals surface area contributed by atoms with Crippen LogP contribution in [-0.2, 0) is 0 Å². The van der Waals surface area contributed by atoms with Crippen molar-refractivity contribution in [2.75, 3.05) is 5.75 Å². The molecule has 0 radical (unpaired) electrons. The lowest BCUT2D eigenvalue weighted by Gasteiger charge is -2.01. The van der Waals surface area contributed by atoms with E-state index in [9.17, 15) is 4.79 Å². The van der Waals surface area contributed by atoms with Crippen LogP contribution in [0.5, 0.6) is 0 Å². The molecule has 0 amide bonds. The first kappa shape index (κ1) is 13.4. The number of ketones is 1. The topological polar surface area (TPSA) is 17.1 Å². The Balaban J connectivity index is 2.15. The van der Waals surface area contributed by atoms with Crippen LogP contribution in [0, 0.1) is 0 Å². The molecule has 1 aromatic carbocycles. The zero-order valence-corrected chi connectivity index (χ0v) is 12.2. The van der Waals surface area contributed by atoms with Crippen molar-refractivity contribution in [3.8, 4) is 11.1 Å². The average Bonchev–Trinajstić information content (AvgIpc) is 2.87. The first-order valence-corrected chi connectivity index (χ1v) is 7.90. The Labute approximate surface area is 116 Å². The molecule has 0 aliphatic rings. The third-order valence-electron chi connectivity index (χ3n) is 2.61. The van der Waals surface area contributed by atoms with E-state index in [-0.39, 0.29) is 5.78 Å². The first-order chi connectivity index (χ1) is 8.70. The fourth-order valence-corrected chi connectivity index (χ4v) is 3.22. The molecule has 2 rings (SSSR count). The van der Waals surface area contributed by atoms with Crippen LogP contribution >= 0.6 is 23.1 Å². The molecule has 0 N–H and O–H groups in total. The summed E-state index contributed by atoms with van der Waals surface area (Å²) >= 11 is 3.40. The molecule has 0 saturated heterocycles. The minimum absolute atomic E-state index is 0.140. The Morgan fingerprint density at radius 1 is 1.22 bits per heavy atom. The van der Waals surface area contributed by atoms with Crippen LogP contribution < -0.4 is 0 Å². The molecule has 18 heavy (non-hydrogen) atoms. The quantitative estimate of drug-likeness (QED) is 0.557. The van der Waals surface area contributed by atoms with Crippen LogP contribution in [-0.4, -0.2) is 11.5 Å². The lowest BCUT2D eigenvalue weighted by Crippen LogP contribution is -1.84. The van der Waals surface area contributed by atoms with E-state index in [0.717, 1.165) is 16.2 Å². The van der Waals surface area contributed by atoms with Crippen LogP contribution in [0.2, 0.25) is 0 Å². The van der Waals surface area contributed by atoms with E-state index < -0.39 is 0 Å². The van der Waals surface area contributed by atoms with Crippen molar-refractivity contribution in [1.29, 1.82) is 0 Å². The van der Waals surface area contributed by atoms with E-state index in [1.807, 2.05) is 23.2 Å². The highest BCUT2D eigenvalue weighted by Crippen LogP contribution is 2.28. The minimum Gasteiger partial charge on any atom is -0.294 e. The fraction of sp³-hybridized carbons (Fsp3) is 0.267. The predicted molar refractivity (Wildman–Crippen MR) is 80.8 cm³/mol. The summed E-state index contributed by atoms with van der Waals surface area (Å²) in [5.41, 5.74) is 2.32. The van der Waals surface area contributed by atoms with Crippen LogP contribution in [0.3, 0.4) is 0 Å². The van der Waals surface area contributed by atoms with Gasteiger partial charge in [0.2, 0.25) is 0 Å². The standard InChI is InChI=1S/C15H16OS2/c1-3-8-17-14-6-4-12(5-7-14)13-9-15(11(2)16)18-10-13/h4-7,9-10H,3,8H2,1-2H3. The number of Topliss-reactive ketones (excluding diaryl/α,β-unsaturated/α-hetero) is 1. The third kappa shape index (κ3) is 3.24. The molecule has 0 saturated carbocycles. The molecule has 2 aromatic rings. The second kappa shape index (κ2) is 6.21. The van der Waals surface area contributed by atoms with Gasteiger partial charge in [0, 0.05) is 4.90 Å². The largest absolute Gasteiger partial charge is 0.294 e. The monoisotopic (exact) mass is 276 g/mol. The second-order valence-corrected chi connectivity index (χ2v) is 6.21. The van der Waals surface area contributed by atoms with Gasteiger partial charge in [-0.3, -0.25) is 4.79 Å². The molecule has 94 valence electrons. The highest BCUT2D eigenvalue weighted by atomic mass is 32.2. The number of hydrogen-bond acceptors (Lipinski definition) is 3. The van der Waals surface area contributed by atoms with Crippen molar-refractivity contribution in [2.45, 2.75) is 25.2 Å². The Hall–Kier alpha value is -1.06. The van der Waals surface area contributed by atoms with E-state index >= 15 is 0 Å². The van der Waals surface area contributed by atoms with Crippen molar-refractivity contribution in [2.24, 2.45) is 0 Å². The highest BCUT2D eigenvalue weighted by molar-refractivity contribution is 7.99. The predicted octanol–water partition coefficient (Wildman–Crippen LogP) is 5.12. The van der Waals surface area contributed by atoms with Crippen LogP contribution in [0.25, 0.3) is 11.1 Å². The van der Waals surface area contributed by atoms with E-state index in [2.05, 4.69) is 31.2 Å². The summed E-state index contributed by atoms with van der Waals surface area (Å²) in [5, 5.41) is 2.05. The van der Waals surface area contributed by atoms with Crippen molar-refractivity contribution in [3.63, 3.8) is 0 Å². The van der Waals surface area contributed by atoms with Gasteiger partial charge in [-0.1, -0.05) is 19.1 Å². The maximum atomic E-state index is 11.3. The maximum Gasteiger partial charge on any atom is 0.169 e. The average molecular weight is 276 g/mol. The third-order valence-corrected chi connectivity index (χ3v) is 4.86. The summed E-state index contributed by atoms with van der Waals surface area (Å²) < 4.78 is 0. The van der Waals surface area contributed by atoms with Crippen LogP contribution in [0.4, 0.5) is 0 Å². The number of rotatable bonds is 5. The van der Waals surface area contributed by atoms with Gasteiger partial charge in [-0.25, -0.2) is 0 Å². The number of thiophene rings is 1. The van der Waals surface area contributed by atoms with Gasteiger partial charge >= 0.3 is 0 Å². The van der Waals surface area contributed by atoms with E-state index in [0.29, 0.717) is 0 Å². The Kier molecular flexibility index (Phi) is 4.61. The van der Waals surface area contributed by atoms with Gasteiger partial charge in [0.05, 0.1) is 4.88 Å². The number of benzene rings is 1. The van der Waals surface area contributed by atoms with Crippen LogP contribution in [0.1, 0.15) is 29.9 Å². The smallest absolute Gasteiger partial charge is 0.169 e. The van der Waals surface area contributed by atoms with Gasteiger partial charge < -0.3 is 0 Å². The number of carbonyl (C=O) groups is 1. The van der Waals surface area contributed by atoms with Crippen molar-refractivity contribution >= 4 is 28.9 Å². The van der Waals surface area contributed by atoms with Crippen LogP contribution in [0.15, 0.2) is 40.6 Å². The summed E-state index contributed by atoms with van der Waals surface area (Å²) in [4.78, 5) is 13.4. The summed E-state index contributed by atoms with van der Waals surface area (Å²) in [5.74, 6) is 1.30. The van der Waals surface area contributed by atoms with Gasteiger partial charge in [0.25, 0.3) is 0 Å². The normalized spacial score (nSPS) is 10.6. The first-order valence-electron chi connectivity index (χ1n) is 6.03. The van der Waals surface area contributed by atoms with E-state index in [1.165, 1.54) is 28.2 Å². The molecule has 0 fully saturated rings. The summed E-state index contributed by atoms with van der Waals surface area (Å²) in [6.07, 6.45) is 1.19. The van der Waals surface area contributed by atoms with Crippen molar-refractivity contribution < 1.29 is 4.79 Å². The maximum absolute atomic E-state index is 11.3. The van der Waals surface area contributed by atoms with Gasteiger partial charge in [-0.2, -0.15) is 0 Å². The lowest BCUT2D eigenvalue weighted by atomic mass is 10.1. The minimum atomic E-state index is 0.140. The number of hydrogen-bond donors (Lipinski definition) is 0. The number of thioether (sulfide) groups is 1. The molecular weight excluding hydrogens is 260 g/mol. The Bertz CT molecular complexity index is 526. The van der Waals surface area contributed by atoms with E-state index in [1.54, 1.807) is 6.92 Å². The highest BCUT2D eigenvalue weighted by Gasteiger charge is 2.05. The lowest BCUT2D eigenvalue weighted by molar-refractivity contribution is 0.102. The van der Waals surface area contributed by atoms with Gasteiger partial charge in [0.15, 0.2) is 5.78 Å². The fourth-order valence-electron chi connectivity index (χ4n) is 1.64. The molecule has 0 aliphatic carbocycles. The Morgan fingerprint density at radius 2 is 1.94 bits per heavy atom. The van der Waals surface area contributed by atoms with Gasteiger partial charge in [-0.15, -0.1) is 23.1 Å². The molecule has 0 spiro atoms. The molecule has 3 heteroatoms. The molecule has 0 aliphatic heterocycles. The van der Waals surface area contributed by atoms with Gasteiger partial charge in [-0.05, 0) is 53.8 Å². The molecule has 1 nitrogen and oxygen atoms in total. The number of carbonyl (C=O) groups excluding carboxylic acids is 1. The molecule has 0 atom stereocenters.